The Hall–Kier alpha value is -3.43. The zero-order valence-electron chi connectivity index (χ0n) is 20.2. The normalized spacial score (nSPS) is 10.9. The molecule has 0 aliphatic rings. The van der Waals surface area contributed by atoms with E-state index in [4.69, 9.17) is 11.6 Å². The summed E-state index contributed by atoms with van der Waals surface area (Å²) < 4.78 is 1.64. The maximum absolute atomic E-state index is 13.2. The smallest absolute Gasteiger partial charge is 0.278 e. The number of nitrogens with zero attached hydrogens (tertiary/aromatic N) is 6. The quantitative estimate of drug-likeness (QED) is 0.270. The number of rotatable bonds is 7. The molecule has 1 amide bonds. The van der Waals surface area contributed by atoms with Gasteiger partial charge >= 0.3 is 0 Å². The molecule has 10 heteroatoms. The number of benzene rings is 2. The van der Waals surface area contributed by atoms with Gasteiger partial charge in [0, 0.05) is 47.6 Å². The molecule has 0 saturated heterocycles. The van der Waals surface area contributed by atoms with Crippen LogP contribution in [-0.2, 0) is 5.75 Å². The van der Waals surface area contributed by atoms with Crippen LogP contribution in [0.1, 0.15) is 33.1 Å². The first-order valence-electron chi connectivity index (χ1n) is 11.0. The fourth-order valence-corrected chi connectivity index (χ4v) is 4.57. The van der Waals surface area contributed by atoms with E-state index in [1.807, 2.05) is 88.3 Å². The first-order valence-corrected chi connectivity index (χ1v) is 12.3. The lowest BCUT2D eigenvalue weighted by molar-refractivity contribution is 0.102. The molecule has 2 heterocycles. The van der Waals surface area contributed by atoms with E-state index >= 15 is 0 Å². The molecular formula is C25H26ClN7OS. The molecule has 2 aromatic heterocycles. The third-order valence-electron chi connectivity index (χ3n) is 5.32. The van der Waals surface area contributed by atoms with Crippen molar-refractivity contribution >= 4 is 40.6 Å². The summed E-state index contributed by atoms with van der Waals surface area (Å²) in [6.07, 6.45) is 0. The summed E-state index contributed by atoms with van der Waals surface area (Å²) in [5, 5.41) is 12.7. The van der Waals surface area contributed by atoms with Gasteiger partial charge < -0.3 is 10.2 Å². The predicted octanol–water partition coefficient (Wildman–Crippen LogP) is 5.25. The summed E-state index contributed by atoms with van der Waals surface area (Å²) in [5.74, 6) is 0.0491. The van der Waals surface area contributed by atoms with Gasteiger partial charge in [0.2, 0.25) is 0 Å². The van der Waals surface area contributed by atoms with E-state index in [1.54, 1.807) is 4.68 Å². The van der Waals surface area contributed by atoms with Crippen molar-refractivity contribution in [1.29, 1.82) is 0 Å². The molecule has 8 nitrogen and oxygen atoms in total. The highest BCUT2D eigenvalue weighted by molar-refractivity contribution is 7.98. The highest BCUT2D eigenvalue weighted by Crippen LogP contribution is 2.26. The second kappa shape index (κ2) is 10.5. The number of hydrogen-bond acceptors (Lipinski definition) is 7. The zero-order chi connectivity index (χ0) is 25.1. The molecule has 35 heavy (non-hydrogen) atoms. The second-order valence-corrected chi connectivity index (χ2v) is 9.70. The Labute approximate surface area is 213 Å². The number of amides is 1. The molecule has 0 aliphatic heterocycles. The van der Waals surface area contributed by atoms with Crippen LogP contribution < -0.4 is 10.2 Å². The predicted molar refractivity (Wildman–Crippen MR) is 141 cm³/mol. The molecule has 1 N–H and O–H groups in total. The lowest BCUT2D eigenvalue weighted by Crippen LogP contribution is -2.15. The highest BCUT2D eigenvalue weighted by atomic mass is 35.5. The fraction of sp³-hybridized carbons (Fsp3) is 0.240. The van der Waals surface area contributed by atoms with Crippen molar-refractivity contribution in [3.05, 3.63) is 81.9 Å². The van der Waals surface area contributed by atoms with Crippen molar-refractivity contribution in [3.63, 3.8) is 0 Å². The molecule has 2 aromatic carbocycles. The monoisotopic (exact) mass is 507 g/mol. The maximum Gasteiger partial charge on any atom is 0.278 e. The number of thioether (sulfide) groups is 1. The molecule has 0 radical (unpaired) electrons. The minimum atomic E-state index is -0.344. The van der Waals surface area contributed by atoms with Crippen molar-refractivity contribution in [3.8, 4) is 5.69 Å². The Morgan fingerprint density at radius 1 is 1.03 bits per heavy atom. The number of aryl methyl sites for hydroxylation is 3. The van der Waals surface area contributed by atoms with Crippen molar-refractivity contribution in [2.75, 3.05) is 24.3 Å². The number of carbonyl (C=O) groups is 1. The van der Waals surface area contributed by atoms with Crippen molar-refractivity contribution < 1.29 is 4.79 Å². The lowest BCUT2D eigenvalue weighted by Gasteiger charge is -2.13. The molecule has 0 spiro atoms. The number of aromatic nitrogens is 5. The van der Waals surface area contributed by atoms with Crippen LogP contribution in [0.3, 0.4) is 0 Å². The minimum Gasteiger partial charge on any atom is -0.378 e. The third kappa shape index (κ3) is 5.80. The number of carbonyl (C=O) groups excluding carboxylic acids is 1. The molecule has 0 unspecified atom stereocenters. The van der Waals surface area contributed by atoms with Crippen molar-refractivity contribution in [2.24, 2.45) is 0 Å². The third-order valence-corrected chi connectivity index (χ3v) is 6.59. The Balaban J connectivity index is 1.66. The average Bonchev–Trinajstić information content (AvgIpc) is 3.23. The SMILES string of the molecule is Cc1cc(C)nc(SCc2c(C(=O)Nc3ccc(N(C)C)cc3)nnn2-c2ccc(C)c(Cl)c2)n1. The summed E-state index contributed by atoms with van der Waals surface area (Å²) in [6, 6.07) is 15.1. The molecule has 4 aromatic rings. The lowest BCUT2D eigenvalue weighted by atomic mass is 10.2. The Morgan fingerprint density at radius 2 is 1.71 bits per heavy atom. The standard InChI is InChI=1S/C25H26ClN7OS/c1-15-6-9-20(13-21(15)26)33-22(14-35-25-27-16(2)12-17(3)28-25)23(30-31-33)24(34)29-18-7-10-19(11-8-18)32(4)5/h6-13H,14H2,1-5H3,(H,29,34). The van der Waals surface area contributed by atoms with Gasteiger partial charge in [-0.1, -0.05) is 34.6 Å². The van der Waals surface area contributed by atoms with Crippen LogP contribution in [-0.4, -0.2) is 45.0 Å². The van der Waals surface area contributed by atoms with Gasteiger partial charge in [0.15, 0.2) is 10.9 Å². The number of anilines is 2. The molecule has 0 fully saturated rings. The second-order valence-electron chi connectivity index (χ2n) is 8.35. The Morgan fingerprint density at radius 3 is 2.34 bits per heavy atom. The van der Waals surface area contributed by atoms with Crippen molar-refractivity contribution in [1.82, 2.24) is 25.0 Å². The van der Waals surface area contributed by atoms with E-state index in [9.17, 15) is 4.79 Å². The van der Waals surface area contributed by atoms with E-state index < -0.39 is 0 Å². The van der Waals surface area contributed by atoms with Gasteiger partial charge in [-0.15, -0.1) is 5.10 Å². The molecule has 0 atom stereocenters. The van der Waals surface area contributed by atoms with Gasteiger partial charge in [-0.25, -0.2) is 14.6 Å². The van der Waals surface area contributed by atoms with Crippen LogP contribution in [0.25, 0.3) is 5.69 Å². The molecule has 180 valence electrons. The summed E-state index contributed by atoms with van der Waals surface area (Å²) in [7, 11) is 3.93. The first kappa shape index (κ1) is 24.7. The number of hydrogen-bond donors (Lipinski definition) is 1. The summed E-state index contributed by atoms with van der Waals surface area (Å²) >= 11 is 7.79. The first-order chi connectivity index (χ1) is 16.7. The zero-order valence-corrected chi connectivity index (χ0v) is 21.8. The van der Waals surface area contributed by atoms with Crippen LogP contribution >= 0.6 is 23.4 Å². The Kier molecular flexibility index (Phi) is 7.37. The highest BCUT2D eigenvalue weighted by Gasteiger charge is 2.22. The molecule has 4 rings (SSSR count). The molecule has 0 aliphatic carbocycles. The largest absolute Gasteiger partial charge is 0.378 e. The number of halogens is 1. The van der Waals surface area contributed by atoms with E-state index in [1.165, 1.54) is 11.8 Å². The fourth-order valence-electron chi connectivity index (χ4n) is 3.45. The van der Waals surface area contributed by atoms with Gasteiger partial charge in [-0.3, -0.25) is 4.79 Å². The summed E-state index contributed by atoms with van der Waals surface area (Å²) in [6.45, 7) is 5.79. The van der Waals surface area contributed by atoms with Gasteiger partial charge in [-0.05, 0) is 68.8 Å². The van der Waals surface area contributed by atoms with E-state index in [-0.39, 0.29) is 11.6 Å². The van der Waals surface area contributed by atoms with Crippen LogP contribution in [0.4, 0.5) is 11.4 Å². The van der Waals surface area contributed by atoms with Crippen molar-refractivity contribution in [2.45, 2.75) is 31.7 Å². The molecule has 0 bridgehead atoms. The Bertz CT molecular complexity index is 1350. The summed E-state index contributed by atoms with van der Waals surface area (Å²) in [5.41, 5.74) is 6.01. The van der Waals surface area contributed by atoms with E-state index in [0.717, 1.165) is 28.3 Å². The minimum absolute atomic E-state index is 0.232. The van der Waals surface area contributed by atoms with Gasteiger partial charge in [-0.2, -0.15) is 0 Å². The van der Waals surface area contributed by atoms with Crippen LogP contribution in [0.15, 0.2) is 53.7 Å². The summed E-state index contributed by atoms with van der Waals surface area (Å²) in [4.78, 5) is 24.2. The topological polar surface area (TPSA) is 88.8 Å². The molecular weight excluding hydrogens is 482 g/mol. The van der Waals surface area contributed by atoms with Gasteiger partial charge in [0.25, 0.3) is 5.91 Å². The van der Waals surface area contributed by atoms with Crippen LogP contribution in [0.5, 0.6) is 0 Å². The number of nitrogens with one attached hydrogen (secondary N) is 1. The van der Waals surface area contributed by atoms with Gasteiger partial charge in [0.1, 0.15) is 0 Å². The molecule has 0 saturated carbocycles. The van der Waals surface area contributed by atoms with Crippen LogP contribution in [0.2, 0.25) is 5.02 Å². The van der Waals surface area contributed by atoms with E-state index in [0.29, 0.717) is 27.3 Å². The van der Waals surface area contributed by atoms with Gasteiger partial charge in [0.05, 0.1) is 11.4 Å². The van der Waals surface area contributed by atoms with Crippen LogP contribution in [0, 0.1) is 20.8 Å². The average molecular weight is 508 g/mol. The van der Waals surface area contributed by atoms with E-state index in [2.05, 4.69) is 25.6 Å². The maximum atomic E-state index is 13.2.